The van der Waals surface area contributed by atoms with Crippen LogP contribution in [0.15, 0.2) is 30.5 Å². The fraction of sp³-hybridized carbons (Fsp3) is 0.214. The van der Waals surface area contributed by atoms with Crippen LogP contribution in [0.1, 0.15) is 5.56 Å². The van der Waals surface area contributed by atoms with Crippen molar-refractivity contribution in [3.8, 4) is 11.3 Å². The van der Waals surface area contributed by atoms with Crippen molar-refractivity contribution in [2.75, 3.05) is 12.8 Å². The number of nitrogens with one attached hydrogen (secondary N) is 1. The molecule has 1 aromatic carbocycles. The Morgan fingerprint density at radius 2 is 2.12 bits per heavy atom. The van der Waals surface area contributed by atoms with Crippen molar-refractivity contribution in [3.63, 3.8) is 0 Å². The van der Waals surface area contributed by atoms with Gasteiger partial charge in [-0.05, 0) is 34.7 Å². The van der Waals surface area contributed by atoms with Crippen LogP contribution in [0.4, 0.5) is 10.3 Å². The van der Waals surface area contributed by atoms with Gasteiger partial charge in [0.1, 0.15) is 12.4 Å². The van der Waals surface area contributed by atoms with Crippen molar-refractivity contribution in [2.24, 2.45) is 0 Å². The Bertz CT molecular complexity index is 841. The Morgan fingerprint density at radius 1 is 1.38 bits per heavy atom. The molecule has 0 atom stereocenters. The minimum atomic E-state index is -0.314. The third kappa shape index (κ3) is 3.21. The minimum Gasteiger partial charge on any atom is -0.367 e. The Kier molecular flexibility index (Phi) is 4.18. The van der Waals surface area contributed by atoms with E-state index < -0.39 is 0 Å². The second-order valence-electron chi connectivity index (χ2n) is 5.22. The molecule has 0 aliphatic carbocycles. The fourth-order valence-corrected chi connectivity index (χ4v) is 2.21. The van der Waals surface area contributed by atoms with Gasteiger partial charge in [-0.2, -0.15) is 5.10 Å². The average molecular weight is 330 g/mol. The van der Waals surface area contributed by atoms with Crippen molar-refractivity contribution in [2.45, 2.75) is 13.1 Å². The van der Waals surface area contributed by atoms with Gasteiger partial charge in [0.15, 0.2) is 0 Å². The van der Waals surface area contributed by atoms with E-state index in [9.17, 15) is 9.18 Å². The van der Waals surface area contributed by atoms with E-state index in [1.165, 1.54) is 21.7 Å². The molecule has 3 aromatic rings. The molecule has 2 heterocycles. The highest BCUT2D eigenvalue weighted by molar-refractivity contribution is 5.76. The van der Waals surface area contributed by atoms with Gasteiger partial charge in [-0.15, -0.1) is 0 Å². The number of H-pyrrole nitrogens is 1. The van der Waals surface area contributed by atoms with Crippen LogP contribution in [0.25, 0.3) is 11.3 Å². The van der Waals surface area contributed by atoms with Crippen LogP contribution in [-0.2, 0) is 17.9 Å². The molecule has 3 rings (SSSR count). The van der Waals surface area contributed by atoms with Crippen LogP contribution in [-0.4, -0.2) is 48.3 Å². The van der Waals surface area contributed by atoms with Crippen LogP contribution in [0, 0.1) is 5.82 Å². The first kappa shape index (κ1) is 15.6. The lowest BCUT2D eigenvalue weighted by Crippen LogP contribution is -2.30. The average Bonchev–Trinajstić information content (AvgIpc) is 3.18. The summed E-state index contributed by atoms with van der Waals surface area (Å²) < 4.78 is 14.3. The van der Waals surface area contributed by atoms with Gasteiger partial charge in [-0.1, -0.05) is 5.10 Å². The number of nitrogens with zero attached hydrogens (tertiary/aromatic N) is 6. The molecule has 0 fully saturated rings. The fourth-order valence-electron chi connectivity index (χ4n) is 2.21. The predicted molar refractivity (Wildman–Crippen MR) is 82.7 cm³/mol. The number of hydrogen-bond donors (Lipinski definition) is 2. The number of hydrogen-bond acceptors (Lipinski definition) is 6. The highest BCUT2D eigenvalue weighted by Gasteiger charge is 2.16. The van der Waals surface area contributed by atoms with E-state index in [-0.39, 0.29) is 24.2 Å². The highest BCUT2D eigenvalue weighted by atomic mass is 19.1. The summed E-state index contributed by atoms with van der Waals surface area (Å²) in [6.07, 6.45) is 1.63. The molecule has 124 valence electrons. The molecule has 0 radical (unpaired) electrons. The number of nitrogens with two attached hydrogens (primary N) is 1. The number of aromatic nitrogens is 6. The standard InChI is InChI=1S/C14H15FN8O/c1-22(12(24)8-23-14(16)19-20-21-23)7-10-6-17-18-13(10)9-2-4-11(15)5-3-9/h2-6H,7-8H2,1H3,(H,17,18)(H2,16,19,21). The van der Waals surface area contributed by atoms with E-state index in [1.807, 2.05) is 0 Å². The van der Waals surface area contributed by atoms with Gasteiger partial charge in [0.05, 0.1) is 11.9 Å². The van der Waals surface area contributed by atoms with Crippen LogP contribution in [0.3, 0.4) is 0 Å². The molecule has 3 N–H and O–H groups in total. The zero-order valence-corrected chi connectivity index (χ0v) is 12.8. The molecule has 0 bridgehead atoms. The maximum atomic E-state index is 13.1. The molecule has 10 heteroatoms. The zero-order chi connectivity index (χ0) is 17.1. The van der Waals surface area contributed by atoms with Crippen molar-refractivity contribution in [3.05, 3.63) is 41.8 Å². The van der Waals surface area contributed by atoms with Crippen LogP contribution < -0.4 is 5.73 Å². The Hall–Kier alpha value is -3.30. The Morgan fingerprint density at radius 3 is 2.79 bits per heavy atom. The van der Waals surface area contributed by atoms with Gasteiger partial charge in [-0.3, -0.25) is 9.89 Å². The molecular weight excluding hydrogens is 315 g/mol. The number of halogens is 1. The lowest BCUT2D eigenvalue weighted by Gasteiger charge is -2.17. The second kappa shape index (κ2) is 6.44. The number of nitrogen functional groups attached to an aromatic ring is 1. The molecule has 0 unspecified atom stereocenters. The molecule has 0 saturated heterocycles. The topological polar surface area (TPSA) is 119 Å². The number of anilines is 1. The summed E-state index contributed by atoms with van der Waals surface area (Å²) in [5.74, 6) is -0.446. The third-order valence-electron chi connectivity index (χ3n) is 3.53. The van der Waals surface area contributed by atoms with Gasteiger partial charge in [0, 0.05) is 24.7 Å². The first-order valence-electron chi connectivity index (χ1n) is 7.08. The lowest BCUT2D eigenvalue weighted by molar-refractivity contribution is -0.131. The van der Waals surface area contributed by atoms with E-state index >= 15 is 0 Å². The molecule has 0 aliphatic rings. The quantitative estimate of drug-likeness (QED) is 0.701. The molecule has 2 aromatic heterocycles. The summed E-state index contributed by atoms with van der Waals surface area (Å²) in [4.78, 5) is 13.8. The van der Waals surface area contributed by atoms with Crippen LogP contribution in [0.2, 0.25) is 0 Å². The number of carbonyl (C=O) groups is 1. The Labute approximate surface area is 136 Å². The Balaban J connectivity index is 1.72. The second-order valence-corrected chi connectivity index (χ2v) is 5.22. The van der Waals surface area contributed by atoms with Gasteiger partial charge in [0.2, 0.25) is 11.9 Å². The van der Waals surface area contributed by atoms with Crippen molar-refractivity contribution >= 4 is 11.9 Å². The summed E-state index contributed by atoms with van der Waals surface area (Å²) in [7, 11) is 1.66. The number of carbonyl (C=O) groups excluding carboxylic acids is 1. The normalized spacial score (nSPS) is 10.8. The van der Waals surface area contributed by atoms with Gasteiger partial charge >= 0.3 is 0 Å². The van der Waals surface area contributed by atoms with E-state index in [1.54, 1.807) is 25.4 Å². The molecule has 0 saturated carbocycles. The monoisotopic (exact) mass is 330 g/mol. The van der Waals surface area contributed by atoms with Crippen LogP contribution in [0.5, 0.6) is 0 Å². The summed E-state index contributed by atoms with van der Waals surface area (Å²) >= 11 is 0. The van der Waals surface area contributed by atoms with E-state index in [2.05, 4.69) is 25.7 Å². The number of benzene rings is 1. The van der Waals surface area contributed by atoms with Crippen molar-refractivity contribution < 1.29 is 9.18 Å². The number of likely N-dealkylation sites (N-methyl/N-ethyl adjacent to an activating group) is 1. The number of tetrazole rings is 1. The number of amides is 1. The molecule has 0 spiro atoms. The summed E-state index contributed by atoms with van der Waals surface area (Å²) in [6.45, 7) is 0.267. The minimum absolute atomic E-state index is 0.0565. The van der Waals surface area contributed by atoms with Crippen LogP contribution >= 0.6 is 0 Å². The largest absolute Gasteiger partial charge is 0.367 e. The smallest absolute Gasteiger partial charge is 0.244 e. The SMILES string of the molecule is CN(Cc1cn[nH]c1-c1ccc(F)cc1)C(=O)Cn1nnnc1N. The number of rotatable bonds is 5. The summed E-state index contributed by atoms with van der Waals surface area (Å²) in [6, 6.07) is 6.04. The molecule has 0 aliphatic heterocycles. The molecule has 9 nitrogen and oxygen atoms in total. The van der Waals surface area contributed by atoms with Crippen molar-refractivity contribution in [1.29, 1.82) is 0 Å². The first-order valence-corrected chi connectivity index (χ1v) is 7.08. The highest BCUT2D eigenvalue weighted by Crippen LogP contribution is 2.22. The lowest BCUT2D eigenvalue weighted by atomic mass is 10.1. The maximum absolute atomic E-state index is 13.1. The van der Waals surface area contributed by atoms with E-state index in [0.29, 0.717) is 6.54 Å². The van der Waals surface area contributed by atoms with Gasteiger partial charge in [-0.25, -0.2) is 9.07 Å². The third-order valence-corrected chi connectivity index (χ3v) is 3.53. The summed E-state index contributed by atoms with van der Waals surface area (Å²) in [5.41, 5.74) is 7.87. The molecule has 24 heavy (non-hydrogen) atoms. The maximum Gasteiger partial charge on any atom is 0.244 e. The molecule has 1 amide bonds. The number of aromatic amines is 1. The zero-order valence-electron chi connectivity index (χ0n) is 12.8. The first-order chi connectivity index (χ1) is 11.5. The summed E-state index contributed by atoms with van der Waals surface area (Å²) in [5, 5.41) is 17.4. The van der Waals surface area contributed by atoms with E-state index in [4.69, 9.17) is 5.73 Å². The van der Waals surface area contributed by atoms with E-state index in [0.717, 1.165) is 16.8 Å². The predicted octanol–water partition coefficient (Wildman–Crippen LogP) is 0.443. The molecular formula is C14H15FN8O. The van der Waals surface area contributed by atoms with Gasteiger partial charge in [0.25, 0.3) is 0 Å². The van der Waals surface area contributed by atoms with Crippen molar-refractivity contribution in [1.82, 2.24) is 35.3 Å². The van der Waals surface area contributed by atoms with Gasteiger partial charge < -0.3 is 10.6 Å².